The summed E-state index contributed by atoms with van der Waals surface area (Å²) >= 11 is 0. The molecule has 0 N–H and O–H groups in total. The zero-order chi connectivity index (χ0) is 7.28. The Morgan fingerprint density at radius 2 is 2.22 bits per heavy atom. The van der Waals surface area contributed by atoms with Crippen molar-refractivity contribution in [3.63, 3.8) is 0 Å². The van der Waals surface area contributed by atoms with E-state index in [4.69, 9.17) is 0 Å². The molecule has 0 bridgehead atoms. The van der Waals surface area contributed by atoms with E-state index >= 15 is 0 Å². The van der Waals surface area contributed by atoms with Crippen molar-refractivity contribution in [1.29, 1.82) is 0 Å². The number of aldehydes is 1. The Morgan fingerprint density at radius 1 is 1.67 bits per heavy atom. The minimum absolute atomic E-state index is 0.329. The lowest BCUT2D eigenvalue weighted by molar-refractivity contribution is -0.104. The van der Waals surface area contributed by atoms with Crippen molar-refractivity contribution in [3.05, 3.63) is 11.6 Å². The van der Waals surface area contributed by atoms with Crippen molar-refractivity contribution in [2.24, 2.45) is 0 Å². The Hall–Kier alpha value is -0.730. The maximum Gasteiger partial charge on any atom is 0.242 e. The molecule has 52 valence electrons. The van der Waals surface area contributed by atoms with Gasteiger partial charge in [0.1, 0.15) is 6.29 Å². The van der Waals surface area contributed by atoms with Gasteiger partial charge in [-0.3, -0.25) is 4.79 Å². The molecule has 0 aliphatic heterocycles. The van der Waals surface area contributed by atoms with E-state index < -0.39 is 6.43 Å². The van der Waals surface area contributed by atoms with Crippen LogP contribution in [-0.2, 0) is 4.79 Å². The van der Waals surface area contributed by atoms with Gasteiger partial charge in [0.2, 0.25) is 6.43 Å². The van der Waals surface area contributed by atoms with Crippen molar-refractivity contribution in [2.45, 2.75) is 19.8 Å². The first-order valence-corrected chi connectivity index (χ1v) is 2.57. The third-order valence-corrected chi connectivity index (χ3v) is 0.804. The van der Waals surface area contributed by atoms with E-state index in [9.17, 15) is 13.6 Å². The first kappa shape index (κ1) is 8.27. The summed E-state index contributed by atoms with van der Waals surface area (Å²) in [5.41, 5.74) is 0.357. The van der Waals surface area contributed by atoms with Gasteiger partial charge in [-0.15, -0.1) is 0 Å². The van der Waals surface area contributed by atoms with E-state index in [1.807, 2.05) is 0 Å². The van der Waals surface area contributed by atoms with Crippen molar-refractivity contribution in [1.82, 2.24) is 0 Å². The highest BCUT2D eigenvalue weighted by molar-refractivity contribution is 5.71. The third kappa shape index (κ3) is 5.14. The Labute approximate surface area is 52.4 Å². The van der Waals surface area contributed by atoms with Crippen LogP contribution in [0, 0.1) is 0 Å². The van der Waals surface area contributed by atoms with E-state index in [0.29, 0.717) is 11.9 Å². The summed E-state index contributed by atoms with van der Waals surface area (Å²) in [7, 11) is 0. The van der Waals surface area contributed by atoms with Gasteiger partial charge in [-0.05, 0) is 12.5 Å². The minimum Gasteiger partial charge on any atom is -0.298 e. The molecule has 0 unspecified atom stereocenters. The highest BCUT2D eigenvalue weighted by Crippen LogP contribution is 2.01. The summed E-state index contributed by atoms with van der Waals surface area (Å²) < 4.78 is 22.7. The Balaban J connectivity index is 3.56. The van der Waals surface area contributed by atoms with Gasteiger partial charge in [0.25, 0.3) is 0 Å². The maximum absolute atomic E-state index is 11.4. The van der Waals surface area contributed by atoms with Crippen LogP contribution in [0.3, 0.4) is 0 Å². The maximum atomic E-state index is 11.4. The third-order valence-electron chi connectivity index (χ3n) is 0.804. The molecule has 0 aliphatic carbocycles. The summed E-state index contributed by atoms with van der Waals surface area (Å²) in [5, 5.41) is 0. The van der Waals surface area contributed by atoms with Crippen LogP contribution in [0.5, 0.6) is 0 Å². The minimum atomic E-state index is -2.35. The molecular weight excluding hydrogens is 126 g/mol. The molecule has 3 heteroatoms. The van der Waals surface area contributed by atoms with Crippen molar-refractivity contribution >= 4 is 6.29 Å². The highest BCUT2D eigenvalue weighted by atomic mass is 19.3. The topological polar surface area (TPSA) is 17.1 Å². The molecule has 0 fully saturated rings. The van der Waals surface area contributed by atoms with Gasteiger partial charge >= 0.3 is 0 Å². The first-order valence-electron chi connectivity index (χ1n) is 2.57. The first-order chi connectivity index (χ1) is 4.16. The summed E-state index contributed by atoms with van der Waals surface area (Å²) in [6.07, 6.45) is -0.898. The van der Waals surface area contributed by atoms with E-state index in [1.165, 1.54) is 13.0 Å². The smallest absolute Gasteiger partial charge is 0.242 e. The van der Waals surface area contributed by atoms with Crippen molar-refractivity contribution in [2.75, 3.05) is 0 Å². The lowest BCUT2D eigenvalue weighted by atomic mass is 10.3. The number of hydrogen-bond acceptors (Lipinski definition) is 1. The number of allylic oxidation sites excluding steroid dienone is 2. The monoisotopic (exact) mass is 134 g/mol. The largest absolute Gasteiger partial charge is 0.298 e. The van der Waals surface area contributed by atoms with Crippen LogP contribution in [0.15, 0.2) is 11.6 Å². The second-order valence-electron chi connectivity index (χ2n) is 1.69. The number of carbonyl (C=O) groups excluding carboxylic acids is 1. The van der Waals surface area contributed by atoms with Crippen LogP contribution in [-0.4, -0.2) is 12.7 Å². The predicted molar refractivity (Wildman–Crippen MR) is 30.4 cm³/mol. The molecule has 0 aromatic heterocycles. The van der Waals surface area contributed by atoms with E-state index in [0.717, 1.165) is 0 Å². The summed E-state index contributed by atoms with van der Waals surface area (Å²) in [6, 6.07) is 0. The molecule has 0 aromatic rings. The van der Waals surface area contributed by atoms with Gasteiger partial charge in [0.15, 0.2) is 0 Å². The van der Waals surface area contributed by atoms with Gasteiger partial charge < -0.3 is 0 Å². The van der Waals surface area contributed by atoms with Crippen LogP contribution in [0.2, 0.25) is 0 Å². The second-order valence-corrected chi connectivity index (χ2v) is 1.69. The number of carbonyl (C=O) groups is 1. The molecule has 0 radical (unpaired) electrons. The molecule has 0 rings (SSSR count). The molecule has 0 aromatic carbocycles. The van der Waals surface area contributed by atoms with E-state index in [-0.39, 0.29) is 6.42 Å². The number of halogens is 2. The quantitative estimate of drug-likeness (QED) is 0.424. The number of hydrogen-bond donors (Lipinski definition) is 0. The molecule has 0 aliphatic rings. The molecule has 9 heavy (non-hydrogen) atoms. The molecule has 1 nitrogen and oxygen atoms in total. The van der Waals surface area contributed by atoms with Gasteiger partial charge in [0.05, 0.1) is 0 Å². The van der Waals surface area contributed by atoms with Crippen LogP contribution >= 0.6 is 0 Å². The normalized spacial score (nSPS) is 12.2. The van der Waals surface area contributed by atoms with Crippen LogP contribution in [0.1, 0.15) is 13.3 Å². The lowest BCUT2D eigenvalue weighted by Crippen LogP contribution is -1.86. The molecule has 0 spiro atoms. The molecule has 0 atom stereocenters. The molecular formula is C6H8F2O. The number of alkyl halides is 2. The molecule has 0 heterocycles. The summed E-state index contributed by atoms with van der Waals surface area (Å²) in [6.45, 7) is 1.50. The van der Waals surface area contributed by atoms with Crippen LogP contribution in [0.4, 0.5) is 8.78 Å². The predicted octanol–water partition coefficient (Wildman–Crippen LogP) is 1.79. The van der Waals surface area contributed by atoms with Gasteiger partial charge in [-0.2, -0.15) is 0 Å². The Morgan fingerprint density at radius 3 is 2.56 bits per heavy atom. The number of rotatable bonds is 3. The van der Waals surface area contributed by atoms with Crippen LogP contribution in [0.25, 0.3) is 0 Å². The fraction of sp³-hybridized carbons (Fsp3) is 0.500. The Kier molecular flexibility index (Phi) is 3.84. The van der Waals surface area contributed by atoms with E-state index in [1.54, 1.807) is 0 Å². The van der Waals surface area contributed by atoms with Gasteiger partial charge in [0, 0.05) is 6.42 Å². The van der Waals surface area contributed by atoms with Gasteiger partial charge in [-0.25, -0.2) is 8.78 Å². The molecule has 0 saturated carbocycles. The average Bonchev–Trinajstić information content (AvgIpc) is 1.83. The average molecular weight is 134 g/mol. The fourth-order valence-corrected chi connectivity index (χ4v) is 0.323. The molecule has 0 amide bonds. The SMILES string of the molecule is CC(C=O)=CCC(F)F. The fourth-order valence-electron chi connectivity index (χ4n) is 0.323. The second kappa shape index (κ2) is 4.18. The zero-order valence-corrected chi connectivity index (χ0v) is 5.10. The van der Waals surface area contributed by atoms with Gasteiger partial charge in [-0.1, -0.05) is 6.08 Å². The molecule has 0 saturated heterocycles. The van der Waals surface area contributed by atoms with Crippen molar-refractivity contribution in [3.8, 4) is 0 Å². The van der Waals surface area contributed by atoms with E-state index in [2.05, 4.69) is 0 Å². The standard InChI is InChI=1S/C6H8F2O/c1-5(4-9)2-3-6(7)8/h2,4,6H,3H2,1H3. The summed E-state index contributed by atoms with van der Waals surface area (Å²) in [4.78, 5) is 9.80. The van der Waals surface area contributed by atoms with Crippen LogP contribution < -0.4 is 0 Å². The summed E-state index contributed by atoms with van der Waals surface area (Å²) in [5.74, 6) is 0. The highest BCUT2D eigenvalue weighted by Gasteiger charge is 1.97. The van der Waals surface area contributed by atoms with Crippen molar-refractivity contribution < 1.29 is 13.6 Å². The Bertz CT molecular complexity index is 118. The lowest BCUT2D eigenvalue weighted by Gasteiger charge is -1.89. The zero-order valence-electron chi connectivity index (χ0n) is 5.10.